The maximum absolute atomic E-state index is 12.3. The van der Waals surface area contributed by atoms with Gasteiger partial charge < -0.3 is 10.6 Å². The molecular formula is C12H22N2OS. The van der Waals surface area contributed by atoms with E-state index in [-0.39, 0.29) is 5.41 Å². The number of nitrogens with zero attached hydrogens (tertiary/aromatic N) is 1. The number of thioether (sulfide) groups is 1. The molecule has 2 fully saturated rings. The van der Waals surface area contributed by atoms with Gasteiger partial charge in [-0.25, -0.2) is 0 Å². The summed E-state index contributed by atoms with van der Waals surface area (Å²) in [7, 11) is 0. The molecule has 1 atom stereocenters. The van der Waals surface area contributed by atoms with Crippen molar-refractivity contribution in [2.75, 3.05) is 31.1 Å². The standard InChI is InChI=1S/C12H22N2OS/c1-12(8-13)4-5-14(9-12)11(15)10-2-6-16-7-3-10/h10H,2-9,13H2,1H3. The summed E-state index contributed by atoms with van der Waals surface area (Å²) in [5.74, 6) is 2.98. The predicted molar refractivity (Wildman–Crippen MR) is 68.4 cm³/mol. The monoisotopic (exact) mass is 242 g/mol. The number of hydrogen-bond acceptors (Lipinski definition) is 3. The van der Waals surface area contributed by atoms with E-state index in [2.05, 4.69) is 6.92 Å². The van der Waals surface area contributed by atoms with Crippen molar-refractivity contribution >= 4 is 17.7 Å². The molecule has 3 nitrogen and oxygen atoms in total. The topological polar surface area (TPSA) is 46.3 Å². The Balaban J connectivity index is 1.91. The Kier molecular flexibility index (Phi) is 3.80. The van der Waals surface area contributed by atoms with E-state index < -0.39 is 0 Å². The maximum atomic E-state index is 12.3. The first-order valence-electron chi connectivity index (χ1n) is 6.21. The Morgan fingerprint density at radius 1 is 1.50 bits per heavy atom. The Morgan fingerprint density at radius 3 is 2.75 bits per heavy atom. The van der Waals surface area contributed by atoms with E-state index in [9.17, 15) is 4.79 Å². The largest absolute Gasteiger partial charge is 0.342 e. The Bertz CT molecular complexity index is 266. The van der Waals surface area contributed by atoms with Gasteiger partial charge in [0, 0.05) is 19.0 Å². The van der Waals surface area contributed by atoms with E-state index in [0.29, 0.717) is 18.4 Å². The van der Waals surface area contributed by atoms with Crippen LogP contribution in [0, 0.1) is 11.3 Å². The van der Waals surface area contributed by atoms with Crippen LogP contribution >= 0.6 is 11.8 Å². The second kappa shape index (κ2) is 4.96. The van der Waals surface area contributed by atoms with Crippen LogP contribution < -0.4 is 5.73 Å². The first kappa shape index (κ1) is 12.2. The van der Waals surface area contributed by atoms with Crippen molar-refractivity contribution in [2.24, 2.45) is 17.1 Å². The third kappa shape index (κ3) is 2.54. The molecule has 92 valence electrons. The molecule has 2 aliphatic heterocycles. The fourth-order valence-electron chi connectivity index (χ4n) is 2.58. The van der Waals surface area contributed by atoms with E-state index in [1.807, 2.05) is 16.7 Å². The van der Waals surface area contributed by atoms with Crippen molar-refractivity contribution in [1.82, 2.24) is 4.90 Å². The molecule has 2 aliphatic rings. The zero-order valence-electron chi connectivity index (χ0n) is 10.1. The molecule has 0 saturated carbocycles. The molecule has 1 unspecified atom stereocenters. The van der Waals surface area contributed by atoms with Gasteiger partial charge in [0.15, 0.2) is 0 Å². The molecule has 0 aromatic carbocycles. The first-order valence-corrected chi connectivity index (χ1v) is 7.37. The van der Waals surface area contributed by atoms with Gasteiger partial charge in [-0.05, 0) is 42.7 Å². The van der Waals surface area contributed by atoms with Crippen LogP contribution in [0.15, 0.2) is 0 Å². The van der Waals surface area contributed by atoms with Gasteiger partial charge in [-0.15, -0.1) is 0 Å². The number of hydrogen-bond donors (Lipinski definition) is 1. The highest BCUT2D eigenvalue weighted by atomic mass is 32.2. The molecule has 1 amide bonds. The predicted octanol–water partition coefficient (Wildman–Crippen LogP) is 1.33. The zero-order valence-corrected chi connectivity index (χ0v) is 10.9. The fraction of sp³-hybridized carbons (Fsp3) is 0.917. The van der Waals surface area contributed by atoms with Crippen molar-refractivity contribution in [1.29, 1.82) is 0 Å². The molecule has 0 radical (unpaired) electrons. The molecule has 0 spiro atoms. The molecule has 0 aromatic rings. The molecule has 2 saturated heterocycles. The lowest BCUT2D eigenvalue weighted by Gasteiger charge is -2.27. The number of rotatable bonds is 2. The minimum absolute atomic E-state index is 0.166. The van der Waals surface area contributed by atoms with Gasteiger partial charge in [0.25, 0.3) is 0 Å². The van der Waals surface area contributed by atoms with E-state index in [4.69, 9.17) is 5.73 Å². The molecule has 2 heterocycles. The lowest BCUT2D eigenvalue weighted by Crippen LogP contribution is -2.38. The first-order chi connectivity index (χ1) is 7.64. The number of carbonyl (C=O) groups excluding carboxylic acids is 1. The molecule has 2 rings (SSSR count). The van der Waals surface area contributed by atoms with Crippen molar-refractivity contribution in [3.8, 4) is 0 Å². The van der Waals surface area contributed by atoms with Crippen LogP contribution in [0.2, 0.25) is 0 Å². The lowest BCUT2D eigenvalue weighted by molar-refractivity contribution is -0.135. The number of nitrogens with two attached hydrogens (primary N) is 1. The lowest BCUT2D eigenvalue weighted by atomic mass is 9.90. The number of carbonyl (C=O) groups is 1. The molecule has 2 N–H and O–H groups in total. The summed E-state index contributed by atoms with van der Waals surface area (Å²) in [6.07, 6.45) is 3.20. The molecule has 0 aliphatic carbocycles. The van der Waals surface area contributed by atoms with Gasteiger partial charge in [-0.2, -0.15) is 11.8 Å². The molecular weight excluding hydrogens is 220 g/mol. The maximum Gasteiger partial charge on any atom is 0.225 e. The summed E-state index contributed by atoms with van der Waals surface area (Å²) in [6, 6.07) is 0. The average molecular weight is 242 g/mol. The van der Waals surface area contributed by atoms with Crippen LogP contribution in [0.1, 0.15) is 26.2 Å². The minimum Gasteiger partial charge on any atom is -0.342 e. The van der Waals surface area contributed by atoms with E-state index >= 15 is 0 Å². The fourth-order valence-corrected chi connectivity index (χ4v) is 3.69. The Hall–Kier alpha value is -0.220. The molecule has 0 bridgehead atoms. The molecule has 16 heavy (non-hydrogen) atoms. The van der Waals surface area contributed by atoms with Crippen molar-refractivity contribution < 1.29 is 4.79 Å². The average Bonchev–Trinajstić information content (AvgIpc) is 2.73. The van der Waals surface area contributed by atoms with Gasteiger partial charge in [-0.1, -0.05) is 6.92 Å². The van der Waals surface area contributed by atoms with E-state index in [1.165, 1.54) is 0 Å². The summed E-state index contributed by atoms with van der Waals surface area (Å²) in [5.41, 5.74) is 5.93. The summed E-state index contributed by atoms with van der Waals surface area (Å²) in [4.78, 5) is 14.3. The molecule has 4 heteroatoms. The van der Waals surface area contributed by atoms with Gasteiger partial charge in [-0.3, -0.25) is 4.79 Å². The smallest absolute Gasteiger partial charge is 0.225 e. The second-order valence-electron chi connectivity index (χ2n) is 5.41. The van der Waals surface area contributed by atoms with Crippen molar-refractivity contribution in [3.05, 3.63) is 0 Å². The summed E-state index contributed by atoms with van der Waals surface area (Å²) in [6.45, 7) is 4.66. The summed E-state index contributed by atoms with van der Waals surface area (Å²) in [5, 5.41) is 0. The van der Waals surface area contributed by atoms with Gasteiger partial charge >= 0.3 is 0 Å². The molecule has 0 aromatic heterocycles. The number of amides is 1. The Labute approximate surface area is 102 Å². The van der Waals surface area contributed by atoms with E-state index in [0.717, 1.165) is 43.9 Å². The van der Waals surface area contributed by atoms with Crippen molar-refractivity contribution in [3.63, 3.8) is 0 Å². The van der Waals surface area contributed by atoms with Crippen LogP contribution in [0.3, 0.4) is 0 Å². The van der Waals surface area contributed by atoms with Crippen molar-refractivity contribution in [2.45, 2.75) is 26.2 Å². The van der Waals surface area contributed by atoms with Gasteiger partial charge in [0.1, 0.15) is 0 Å². The zero-order chi connectivity index (χ0) is 11.6. The summed E-state index contributed by atoms with van der Waals surface area (Å²) >= 11 is 1.97. The quantitative estimate of drug-likeness (QED) is 0.794. The number of likely N-dealkylation sites (tertiary alicyclic amines) is 1. The van der Waals surface area contributed by atoms with Gasteiger partial charge in [0.05, 0.1) is 0 Å². The van der Waals surface area contributed by atoms with Crippen LogP contribution in [0.5, 0.6) is 0 Å². The highest BCUT2D eigenvalue weighted by Gasteiger charge is 2.37. The van der Waals surface area contributed by atoms with E-state index in [1.54, 1.807) is 0 Å². The van der Waals surface area contributed by atoms with Crippen LogP contribution in [0.25, 0.3) is 0 Å². The normalized spacial score (nSPS) is 32.0. The van der Waals surface area contributed by atoms with Gasteiger partial charge in [0.2, 0.25) is 5.91 Å². The third-order valence-electron chi connectivity index (χ3n) is 3.93. The minimum atomic E-state index is 0.166. The second-order valence-corrected chi connectivity index (χ2v) is 6.64. The van der Waals surface area contributed by atoms with Crippen LogP contribution in [0.4, 0.5) is 0 Å². The third-order valence-corrected chi connectivity index (χ3v) is 4.98. The SMILES string of the molecule is CC1(CN)CCN(C(=O)C2CCSCC2)C1. The highest BCUT2D eigenvalue weighted by Crippen LogP contribution is 2.32. The van der Waals surface area contributed by atoms with Crippen LogP contribution in [-0.4, -0.2) is 41.9 Å². The Morgan fingerprint density at radius 2 is 2.19 bits per heavy atom. The summed E-state index contributed by atoms with van der Waals surface area (Å²) < 4.78 is 0. The van der Waals surface area contributed by atoms with Crippen LogP contribution in [-0.2, 0) is 4.79 Å². The highest BCUT2D eigenvalue weighted by molar-refractivity contribution is 7.99.